The first kappa shape index (κ1) is 15.5. The molecule has 1 aromatic rings. The molecule has 0 aromatic heterocycles. The molecule has 0 bridgehead atoms. The van der Waals surface area contributed by atoms with Gasteiger partial charge in [0.25, 0.3) is 0 Å². The standard InChI is InChI=1S/C15H21BrN2O2/c1-11-4-5-12(13(16)8-11)9-18-7-3-6-15(18,10-20-2)14(17)19/h4-5,8H,3,6-7,9-10H2,1-2H3,(H2,17,19). The van der Waals surface area contributed by atoms with Crippen LogP contribution in [0.3, 0.4) is 0 Å². The van der Waals surface area contributed by atoms with Crippen LogP contribution < -0.4 is 5.73 Å². The van der Waals surface area contributed by atoms with Crippen molar-refractivity contribution in [1.29, 1.82) is 0 Å². The molecule has 1 aromatic carbocycles. The fraction of sp³-hybridized carbons (Fsp3) is 0.533. The highest BCUT2D eigenvalue weighted by Crippen LogP contribution is 2.32. The summed E-state index contributed by atoms with van der Waals surface area (Å²) in [6, 6.07) is 6.27. The molecule has 0 aliphatic carbocycles. The Kier molecular flexibility index (Phi) is 4.83. The number of carbonyl (C=O) groups excluding carboxylic acids is 1. The summed E-state index contributed by atoms with van der Waals surface area (Å²) in [5.41, 5.74) is 7.36. The minimum atomic E-state index is -0.668. The number of nitrogens with zero attached hydrogens (tertiary/aromatic N) is 1. The van der Waals surface area contributed by atoms with Crippen LogP contribution in [0.15, 0.2) is 22.7 Å². The van der Waals surface area contributed by atoms with Gasteiger partial charge in [-0.2, -0.15) is 0 Å². The molecule has 1 atom stereocenters. The number of amides is 1. The van der Waals surface area contributed by atoms with E-state index in [4.69, 9.17) is 10.5 Å². The van der Waals surface area contributed by atoms with Crippen molar-refractivity contribution in [1.82, 2.24) is 4.90 Å². The number of nitrogens with two attached hydrogens (primary N) is 1. The fourth-order valence-electron chi connectivity index (χ4n) is 2.90. The Hall–Kier alpha value is -0.910. The molecule has 1 aliphatic heterocycles. The third kappa shape index (κ3) is 2.90. The quantitative estimate of drug-likeness (QED) is 0.894. The van der Waals surface area contributed by atoms with Crippen LogP contribution in [0.25, 0.3) is 0 Å². The summed E-state index contributed by atoms with van der Waals surface area (Å²) >= 11 is 3.59. The molecule has 0 radical (unpaired) electrons. The van der Waals surface area contributed by atoms with Crippen molar-refractivity contribution in [3.63, 3.8) is 0 Å². The lowest BCUT2D eigenvalue weighted by Gasteiger charge is -2.35. The van der Waals surface area contributed by atoms with E-state index in [-0.39, 0.29) is 5.91 Å². The van der Waals surface area contributed by atoms with E-state index in [1.807, 2.05) is 0 Å². The van der Waals surface area contributed by atoms with Crippen LogP contribution in [0.2, 0.25) is 0 Å². The average Bonchev–Trinajstić information content (AvgIpc) is 2.77. The maximum atomic E-state index is 11.9. The van der Waals surface area contributed by atoms with Crippen LogP contribution in [-0.2, 0) is 16.1 Å². The first-order valence-electron chi connectivity index (χ1n) is 6.78. The number of carbonyl (C=O) groups is 1. The molecule has 20 heavy (non-hydrogen) atoms. The second-order valence-electron chi connectivity index (χ2n) is 5.45. The second-order valence-corrected chi connectivity index (χ2v) is 6.30. The predicted octanol–water partition coefficient (Wildman–Crippen LogP) is 2.22. The summed E-state index contributed by atoms with van der Waals surface area (Å²) in [5.74, 6) is -0.292. The summed E-state index contributed by atoms with van der Waals surface area (Å²) in [6.07, 6.45) is 1.73. The van der Waals surface area contributed by atoms with Crippen molar-refractivity contribution in [3.8, 4) is 0 Å². The summed E-state index contributed by atoms with van der Waals surface area (Å²) in [6.45, 7) is 3.98. The molecule has 1 saturated heterocycles. The van der Waals surface area contributed by atoms with E-state index < -0.39 is 5.54 Å². The number of primary amides is 1. The molecule has 4 nitrogen and oxygen atoms in total. The Morgan fingerprint density at radius 3 is 2.90 bits per heavy atom. The van der Waals surface area contributed by atoms with Crippen molar-refractivity contribution < 1.29 is 9.53 Å². The van der Waals surface area contributed by atoms with Crippen LogP contribution in [-0.4, -0.2) is 36.6 Å². The molecule has 5 heteroatoms. The first-order chi connectivity index (χ1) is 9.49. The van der Waals surface area contributed by atoms with Gasteiger partial charge in [-0.3, -0.25) is 9.69 Å². The zero-order chi connectivity index (χ0) is 14.8. The van der Waals surface area contributed by atoms with Gasteiger partial charge in [-0.1, -0.05) is 28.1 Å². The molecular weight excluding hydrogens is 320 g/mol. The Morgan fingerprint density at radius 2 is 2.30 bits per heavy atom. The minimum absolute atomic E-state index is 0.292. The monoisotopic (exact) mass is 340 g/mol. The third-order valence-corrected chi connectivity index (χ3v) is 4.77. The van der Waals surface area contributed by atoms with E-state index >= 15 is 0 Å². The summed E-state index contributed by atoms with van der Waals surface area (Å²) in [7, 11) is 1.61. The number of methoxy groups -OCH3 is 1. The van der Waals surface area contributed by atoms with Crippen molar-refractivity contribution >= 4 is 21.8 Å². The zero-order valence-electron chi connectivity index (χ0n) is 12.0. The lowest BCUT2D eigenvalue weighted by atomic mass is 9.95. The predicted molar refractivity (Wildman–Crippen MR) is 82.3 cm³/mol. The van der Waals surface area contributed by atoms with Gasteiger partial charge >= 0.3 is 0 Å². The smallest absolute Gasteiger partial charge is 0.240 e. The van der Waals surface area contributed by atoms with E-state index in [2.05, 4.69) is 46.0 Å². The number of aryl methyl sites for hydroxylation is 1. The van der Waals surface area contributed by atoms with Gasteiger partial charge in [-0.15, -0.1) is 0 Å². The molecule has 2 N–H and O–H groups in total. The Morgan fingerprint density at radius 1 is 1.55 bits per heavy atom. The van der Waals surface area contributed by atoms with Crippen molar-refractivity contribution in [3.05, 3.63) is 33.8 Å². The van der Waals surface area contributed by atoms with Gasteiger partial charge in [-0.05, 0) is 43.5 Å². The molecule has 2 rings (SSSR count). The lowest BCUT2D eigenvalue weighted by molar-refractivity contribution is -0.132. The molecule has 1 aliphatic rings. The van der Waals surface area contributed by atoms with Crippen molar-refractivity contribution in [2.45, 2.75) is 31.8 Å². The summed E-state index contributed by atoms with van der Waals surface area (Å²) in [4.78, 5) is 14.1. The van der Waals surface area contributed by atoms with E-state index in [0.29, 0.717) is 13.2 Å². The number of hydrogen-bond donors (Lipinski definition) is 1. The molecule has 1 unspecified atom stereocenters. The van der Waals surface area contributed by atoms with Gasteiger partial charge in [-0.25, -0.2) is 0 Å². The van der Waals surface area contributed by atoms with Crippen molar-refractivity contribution in [2.24, 2.45) is 5.73 Å². The topological polar surface area (TPSA) is 55.6 Å². The van der Waals surface area contributed by atoms with Gasteiger partial charge < -0.3 is 10.5 Å². The van der Waals surface area contributed by atoms with Crippen molar-refractivity contribution in [2.75, 3.05) is 20.3 Å². The largest absolute Gasteiger partial charge is 0.382 e. The Balaban J connectivity index is 2.24. The number of ether oxygens (including phenoxy) is 1. The number of rotatable bonds is 5. The highest BCUT2D eigenvalue weighted by atomic mass is 79.9. The number of halogens is 1. The summed E-state index contributed by atoms with van der Waals surface area (Å²) < 4.78 is 6.32. The van der Waals surface area contributed by atoms with Gasteiger partial charge in [0.15, 0.2) is 0 Å². The fourth-order valence-corrected chi connectivity index (χ4v) is 3.52. The molecule has 1 heterocycles. The summed E-state index contributed by atoms with van der Waals surface area (Å²) in [5, 5.41) is 0. The second kappa shape index (κ2) is 6.24. The van der Waals surface area contributed by atoms with Gasteiger partial charge in [0, 0.05) is 18.1 Å². The normalized spacial score (nSPS) is 23.1. The van der Waals surface area contributed by atoms with E-state index in [1.54, 1.807) is 7.11 Å². The van der Waals surface area contributed by atoms with E-state index in [1.165, 1.54) is 11.1 Å². The van der Waals surface area contributed by atoms with E-state index in [9.17, 15) is 4.79 Å². The van der Waals surface area contributed by atoms with E-state index in [0.717, 1.165) is 23.9 Å². The Labute approximate surface area is 128 Å². The van der Waals surface area contributed by atoms with Gasteiger partial charge in [0.2, 0.25) is 5.91 Å². The average molecular weight is 341 g/mol. The maximum absolute atomic E-state index is 11.9. The molecule has 0 saturated carbocycles. The Bertz CT molecular complexity index is 507. The highest BCUT2D eigenvalue weighted by Gasteiger charge is 2.46. The highest BCUT2D eigenvalue weighted by molar-refractivity contribution is 9.10. The molecular formula is C15H21BrN2O2. The zero-order valence-corrected chi connectivity index (χ0v) is 13.6. The third-order valence-electron chi connectivity index (χ3n) is 4.04. The molecule has 1 fully saturated rings. The van der Waals surface area contributed by atoms with Crippen LogP contribution >= 0.6 is 15.9 Å². The van der Waals surface area contributed by atoms with Crippen LogP contribution in [0.5, 0.6) is 0 Å². The van der Waals surface area contributed by atoms with Crippen LogP contribution in [0.4, 0.5) is 0 Å². The van der Waals surface area contributed by atoms with Crippen LogP contribution in [0.1, 0.15) is 24.0 Å². The molecule has 1 amide bonds. The number of hydrogen-bond acceptors (Lipinski definition) is 3. The number of likely N-dealkylation sites (tertiary alicyclic amines) is 1. The lowest BCUT2D eigenvalue weighted by Crippen LogP contribution is -2.56. The molecule has 0 spiro atoms. The first-order valence-corrected chi connectivity index (χ1v) is 7.58. The van der Waals surface area contributed by atoms with Gasteiger partial charge in [0.1, 0.15) is 5.54 Å². The number of benzene rings is 1. The SMILES string of the molecule is COCC1(C(N)=O)CCCN1Cc1ccc(C)cc1Br. The minimum Gasteiger partial charge on any atom is -0.382 e. The molecule has 110 valence electrons. The maximum Gasteiger partial charge on any atom is 0.240 e. The van der Waals surface area contributed by atoms with Gasteiger partial charge in [0.05, 0.1) is 6.61 Å². The van der Waals surface area contributed by atoms with Crippen LogP contribution in [0, 0.1) is 6.92 Å².